The summed E-state index contributed by atoms with van der Waals surface area (Å²) in [6.45, 7) is 1.47. The van der Waals surface area contributed by atoms with Crippen LogP contribution in [0, 0.1) is 30.1 Å². The highest BCUT2D eigenvalue weighted by Gasteiger charge is 2.48. The van der Waals surface area contributed by atoms with Crippen molar-refractivity contribution in [3.05, 3.63) is 97.1 Å². The molecule has 288 valence electrons. The fourth-order valence-corrected chi connectivity index (χ4v) is 5.94. The zero-order valence-corrected chi connectivity index (χ0v) is 32.1. The highest BCUT2D eigenvalue weighted by molar-refractivity contribution is 6.00. The molecule has 0 bridgehead atoms. The number of unbranched alkanes of at least 4 members (excludes halogenated alkanes) is 6. The van der Waals surface area contributed by atoms with Gasteiger partial charge in [0.25, 0.3) is 0 Å². The quantitative estimate of drug-likeness (QED) is 0.0303. The van der Waals surface area contributed by atoms with Gasteiger partial charge >= 0.3 is 11.9 Å². The van der Waals surface area contributed by atoms with E-state index >= 15 is 0 Å². The monoisotopic (exact) mass is 744 g/mol. The Morgan fingerprint density at radius 1 is 0.455 bits per heavy atom. The molecule has 0 radical (unpaired) electrons. The molecule has 0 N–H and O–H groups in total. The number of esters is 2. The summed E-state index contributed by atoms with van der Waals surface area (Å²) in [5.74, 6) is 6.66. The van der Waals surface area contributed by atoms with E-state index in [9.17, 15) is 9.59 Å². The van der Waals surface area contributed by atoms with Crippen molar-refractivity contribution in [1.29, 1.82) is 0 Å². The first-order valence-corrected chi connectivity index (χ1v) is 18.9. The van der Waals surface area contributed by atoms with E-state index in [4.69, 9.17) is 41.3 Å². The molecule has 8 nitrogen and oxygen atoms in total. The lowest BCUT2D eigenvalue weighted by atomic mass is 9.81. The lowest BCUT2D eigenvalue weighted by Gasteiger charge is -2.26. The van der Waals surface area contributed by atoms with Gasteiger partial charge in [-0.15, -0.1) is 24.7 Å². The van der Waals surface area contributed by atoms with Crippen LogP contribution in [0.5, 0.6) is 23.0 Å². The minimum absolute atomic E-state index is 0.158. The van der Waals surface area contributed by atoms with E-state index in [1.807, 2.05) is 97.1 Å². The molecule has 0 aliphatic carbocycles. The third-order valence-electron chi connectivity index (χ3n) is 9.23. The van der Waals surface area contributed by atoms with E-state index in [2.05, 4.69) is 11.8 Å². The molecular weight excluding hydrogens is 693 g/mol. The second-order valence-corrected chi connectivity index (χ2v) is 13.1. The molecule has 0 aromatic heterocycles. The number of rotatable bonds is 24. The summed E-state index contributed by atoms with van der Waals surface area (Å²) in [4.78, 5) is 26.4. The summed E-state index contributed by atoms with van der Waals surface area (Å²) in [6.07, 6.45) is 17.2. The van der Waals surface area contributed by atoms with Gasteiger partial charge in [0.15, 0.2) is 5.41 Å². The summed E-state index contributed by atoms with van der Waals surface area (Å²) in [5, 5.41) is 0. The van der Waals surface area contributed by atoms with Crippen LogP contribution in [0.2, 0.25) is 0 Å². The molecule has 0 saturated carbocycles. The molecular formula is C47H52O8. The molecule has 4 aromatic carbocycles. The van der Waals surface area contributed by atoms with E-state index in [0.29, 0.717) is 26.1 Å². The van der Waals surface area contributed by atoms with Crippen LogP contribution in [0.25, 0.3) is 22.3 Å². The third-order valence-corrected chi connectivity index (χ3v) is 9.23. The van der Waals surface area contributed by atoms with Crippen molar-refractivity contribution in [1.82, 2.24) is 0 Å². The standard InChI is InChI=1S/C47H52O8/c1-5-31-47(32-6-2,45(48)54-35-13-9-7-11-33-52-43-27-19-39(20-28-43)37-15-23-41(50-3)24-16-37)46(49)55-36-14-10-8-12-34-53-44-29-21-40(22-30-44)38-17-25-42(51-4)26-18-38/h1-2,15-30H,7-14,31-36H2,3-4H3. The zero-order valence-electron chi connectivity index (χ0n) is 32.1. The van der Waals surface area contributed by atoms with Crippen molar-refractivity contribution in [2.75, 3.05) is 40.6 Å². The van der Waals surface area contributed by atoms with Gasteiger partial charge in [-0.2, -0.15) is 0 Å². The molecule has 0 saturated heterocycles. The summed E-state index contributed by atoms with van der Waals surface area (Å²) in [5.41, 5.74) is 2.70. The lowest BCUT2D eigenvalue weighted by molar-refractivity contribution is -0.172. The number of hydrogen-bond donors (Lipinski definition) is 0. The van der Waals surface area contributed by atoms with Crippen LogP contribution in [-0.2, 0) is 19.1 Å². The second-order valence-electron chi connectivity index (χ2n) is 13.1. The number of carbonyl (C=O) groups is 2. The summed E-state index contributed by atoms with van der Waals surface area (Å²) >= 11 is 0. The lowest BCUT2D eigenvalue weighted by Crippen LogP contribution is -2.42. The van der Waals surface area contributed by atoms with Gasteiger partial charge in [-0.1, -0.05) is 48.5 Å². The zero-order chi connectivity index (χ0) is 39.1. The van der Waals surface area contributed by atoms with Gasteiger partial charge in [0.2, 0.25) is 0 Å². The first-order valence-electron chi connectivity index (χ1n) is 18.9. The van der Waals surface area contributed by atoms with Crippen LogP contribution in [0.3, 0.4) is 0 Å². The maximum Gasteiger partial charge on any atom is 0.325 e. The second kappa shape index (κ2) is 23.0. The first kappa shape index (κ1) is 41.9. The fourth-order valence-electron chi connectivity index (χ4n) is 5.94. The van der Waals surface area contributed by atoms with Crippen LogP contribution in [0.4, 0.5) is 0 Å². The molecule has 0 atom stereocenters. The van der Waals surface area contributed by atoms with Gasteiger partial charge < -0.3 is 28.4 Å². The van der Waals surface area contributed by atoms with Gasteiger partial charge in [0.05, 0.1) is 40.6 Å². The van der Waals surface area contributed by atoms with Crippen LogP contribution >= 0.6 is 0 Å². The predicted octanol–water partition coefficient (Wildman–Crippen LogP) is 9.74. The molecule has 0 aliphatic heterocycles. The largest absolute Gasteiger partial charge is 0.497 e. The smallest absolute Gasteiger partial charge is 0.325 e. The van der Waals surface area contributed by atoms with Gasteiger partial charge in [0.1, 0.15) is 23.0 Å². The van der Waals surface area contributed by atoms with Crippen molar-refractivity contribution in [2.24, 2.45) is 5.41 Å². The SMILES string of the molecule is C#CCC(CC#C)(C(=O)OCCCCCCOc1ccc(-c2ccc(OC)cc2)cc1)C(=O)OCCCCCCOc1ccc(-c2ccc(OC)cc2)cc1. The fraction of sp³-hybridized carbons (Fsp3) is 0.362. The molecule has 0 spiro atoms. The third kappa shape index (κ3) is 13.2. The molecule has 0 aliphatic rings. The Bertz CT molecular complexity index is 1680. The summed E-state index contributed by atoms with van der Waals surface area (Å²) in [6, 6.07) is 31.8. The van der Waals surface area contributed by atoms with Gasteiger partial charge in [-0.05, 0) is 122 Å². The molecule has 0 unspecified atom stereocenters. The molecule has 8 heteroatoms. The van der Waals surface area contributed by atoms with Crippen molar-refractivity contribution in [2.45, 2.75) is 64.2 Å². The Kier molecular flexibility index (Phi) is 17.5. The van der Waals surface area contributed by atoms with Crippen LogP contribution in [0.1, 0.15) is 64.2 Å². The van der Waals surface area contributed by atoms with Crippen molar-refractivity contribution in [3.63, 3.8) is 0 Å². The van der Waals surface area contributed by atoms with Gasteiger partial charge in [-0.3, -0.25) is 9.59 Å². The average molecular weight is 745 g/mol. The molecule has 0 fully saturated rings. The van der Waals surface area contributed by atoms with Crippen molar-refractivity contribution >= 4 is 11.9 Å². The number of methoxy groups -OCH3 is 2. The summed E-state index contributed by atoms with van der Waals surface area (Å²) in [7, 11) is 3.31. The Morgan fingerprint density at radius 3 is 1.04 bits per heavy atom. The Balaban J connectivity index is 1.07. The molecule has 0 amide bonds. The molecule has 55 heavy (non-hydrogen) atoms. The van der Waals surface area contributed by atoms with E-state index in [-0.39, 0.29) is 26.1 Å². The Morgan fingerprint density at radius 2 is 0.745 bits per heavy atom. The minimum Gasteiger partial charge on any atom is -0.497 e. The number of ether oxygens (including phenoxy) is 6. The topological polar surface area (TPSA) is 89.5 Å². The van der Waals surface area contributed by atoms with Gasteiger partial charge in [-0.25, -0.2) is 0 Å². The molecule has 0 heterocycles. The van der Waals surface area contributed by atoms with Crippen molar-refractivity contribution < 1.29 is 38.0 Å². The van der Waals surface area contributed by atoms with E-state index < -0.39 is 17.4 Å². The minimum atomic E-state index is -1.71. The number of terminal acetylenes is 2. The first-order chi connectivity index (χ1) is 26.9. The summed E-state index contributed by atoms with van der Waals surface area (Å²) < 4.78 is 33.3. The van der Waals surface area contributed by atoms with Gasteiger partial charge in [0, 0.05) is 12.8 Å². The highest BCUT2D eigenvalue weighted by atomic mass is 16.6. The Labute approximate surface area is 326 Å². The van der Waals surface area contributed by atoms with E-state index in [1.165, 1.54) is 0 Å². The van der Waals surface area contributed by atoms with E-state index in [0.717, 1.165) is 83.8 Å². The van der Waals surface area contributed by atoms with E-state index in [1.54, 1.807) is 14.2 Å². The number of hydrogen-bond acceptors (Lipinski definition) is 8. The maximum atomic E-state index is 13.2. The predicted molar refractivity (Wildman–Crippen MR) is 216 cm³/mol. The number of benzene rings is 4. The normalized spacial score (nSPS) is 10.8. The average Bonchev–Trinajstić information content (AvgIpc) is 3.23. The maximum absolute atomic E-state index is 13.2. The highest BCUT2D eigenvalue weighted by Crippen LogP contribution is 2.31. The van der Waals surface area contributed by atoms with Crippen LogP contribution in [-0.4, -0.2) is 52.6 Å². The molecule has 4 aromatic rings. The Hall–Kier alpha value is -5.86. The van der Waals surface area contributed by atoms with Crippen LogP contribution in [0.15, 0.2) is 97.1 Å². The van der Waals surface area contributed by atoms with Crippen molar-refractivity contribution in [3.8, 4) is 69.9 Å². The number of carbonyl (C=O) groups excluding carboxylic acids is 2. The van der Waals surface area contributed by atoms with Crippen LogP contribution < -0.4 is 18.9 Å². The molecule has 4 rings (SSSR count).